The second-order valence-corrected chi connectivity index (χ2v) is 7.91. The van der Waals surface area contributed by atoms with Gasteiger partial charge in [0.15, 0.2) is 11.5 Å². The molecule has 0 aliphatic rings. The van der Waals surface area contributed by atoms with Gasteiger partial charge in [-0.25, -0.2) is 4.79 Å². The predicted molar refractivity (Wildman–Crippen MR) is 123 cm³/mol. The number of carbonyl (C=O) groups excluding carboxylic acids is 2. The molecule has 0 radical (unpaired) electrons. The molecule has 1 N–H and O–H groups in total. The van der Waals surface area contributed by atoms with E-state index in [2.05, 4.69) is 5.32 Å². The summed E-state index contributed by atoms with van der Waals surface area (Å²) in [6, 6.07) is 13.8. The van der Waals surface area contributed by atoms with Crippen LogP contribution in [-0.2, 0) is 16.0 Å². The van der Waals surface area contributed by atoms with Crippen LogP contribution in [0.4, 0.5) is 5.69 Å². The van der Waals surface area contributed by atoms with Crippen molar-refractivity contribution in [2.45, 2.75) is 6.42 Å². The van der Waals surface area contributed by atoms with E-state index in [0.717, 1.165) is 4.88 Å². The van der Waals surface area contributed by atoms with Crippen molar-refractivity contribution in [3.05, 3.63) is 69.4 Å². The van der Waals surface area contributed by atoms with Crippen LogP contribution < -0.4 is 19.5 Å². The number of halogens is 1. The van der Waals surface area contributed by atoms with Crippen LogP contribution in [0.5, 0.6) is 17.2 Å². The minimum Gasteiger partial charge on any atom is -0.493 e. The van der Waals surface area contributed by atoms with Gasteiger partial charge >= 0.3 is 5.97 Å². The lowest BCUT2D eigenvalue weighted by molar-refractivity contribution is -0.115. The lowest BCUT2D eigenvalue weighted by Crippen LogP contribution is -2.19. The fourth-order valence-electron chi connectivity index (χ4n) is 2.84. The first-order valence-corrected chi connectivity index (χ1v) is 10.9. The van der Waals surface area contributed by atoms with E-state index in [-0.39, 0.29) is 36.8 Å². The molecule has 0 atom stereocenters. The molecule has 0 aliphatic heterocycles. The zero-order valence-corrected chi connectivity index (χ0v) is 19.1. The Morgan fingerprint density at radius 2 is 1.72 bits per heavy atom. The van der Waals surface area contributed by atoms with Gasteiger partial charge in [0.2, 0.25) is 5.91 Å². The number of esters is 1. The quantitative estimate of drug-likeness (QED) is 0.334. The summed E-state index contributed by atoms with van der Waals surface area (Å²) in [5.74, 6) is 0.300. The predicted octanol–water partition coefficient (Wildman–Crippen LogP) is 4.84. The molecule has 1 aromatic heterocycles. The maximum absolute atomic E-state index is 12.8. The average molecular weight is 476 g/mol. The summed E-state index contributed by atoms with van der Waals surface area (Å²) in [6.07, 6.45) is 0.187. The molecule has 0 saturated carbocycles. The van der Waals surface area contributed by atoms with E-state index in [9.17, 15) is 9.59 Å². The SMILES string of the molecule is COc1cc(NC(=O)Cc2cccs2)c(C(=O)OCCOc2ccccc2Cl)cc1OC. The van der Waals surface area contributed by atoms with Gasteiger partial charge in [-0.3, -0.25) is 4.79 Å². The van der Waals surface area contributed by atoms with Gasteiger partial charge in [-0.1, -0.05) is 29.8 Å². The third-order valence-corrected chi connectivity index (χ3v) is 5.53. The van der Waals surface area contributed by atoms with Gasteiger partial charge in [0.1, 0.15) is 19.0 Å². The second-order valence-electron chi connectivity index (χ2n) is 6.47. The number of nitrogens with one attached hydrogen (secondary N) is 1. The smallest absolute Gasteiger partial charge is 0.340 e. The summed E-state index contributed by atoms with van der Waals surface area (Å²) in [6.45, 7) is 0.101. The number of methoxy groups -OCH3 is 2. The van der Waals surface area contributed by atoms with Crippen LogP contribution in [0.2, 0.25) is 5.02 Å². The molecular formula is C23H22ClNO6S. The lowest BCUT2D eigenvalue weighted by Gasteiger charge is -2.15. The molecule has 7 nitrogen and oxygen atoms in total. The first kappa shape index (κ1) is 23.4. The van der Waals surface area contributed by atoms with E-state index < -0.39 is 5.97 Å². The number of hydrogen-bond acceptors (Lipinski definition) is 7. The van der Waals surface area contributed by atoms with Crippen molar-refractivity contribution in [3.8, 4) is 17.2 Å². The van der Waals surface area contributed by atoms with Gasteiger partial charge in [0.05, 0.1) is 36.9 Å². The topological polar surface area (TPSA) is 83.1 Å². The van der Waals surface area contributed by atoms with E-state index in [4.69, 9.17) is 30.5 Å². The molecule has 2 aromatic carbocycles. The Kier molecular flexibility index (Phi) is 8.35. The van der Waals surface area contributed by atoms with Gasteiger partial charge in [-0.05, 0) is 23.6 Å². The number of amides is 1. The van der Waals surface area contributed by atoms with Crippen molar-refractivity contribution >= 4 is 40.5 Å². The highest BCUT2D eigenvalue weighted by Gasteiger charge is 2.20. The number of ether oxygens (including phenoxy) is 4. The maximum Gasteiger partial charge on any atom is 0.340 e. The molecule has 0 unspecified atom stereocenters. The van der Waals surface area contributed by atoms with Crippen molar-refractivity contribution < 1.29 is 28.5 Å². The number of benzene rings is 2. The third-order valence-electron chi connectivity index (χ3n) is 4.34. The number of para-hydroxylation sites is 1. The summed E-state index contributed by atoms with van der Waals surface area (Å²) < 4.78 is 21.5. The largest absolute Gasteiger partial charge is 0.493 e. The molecule has 1 amide bonds. The number of carbonyl (C=O) groups is 2. The third kappa shape index (κ3) is 6.15. The van der Waals surface area contributed by atoms with E-state index in [1.54, 1.807) is 24.3 Å². The van der Waals surface area contributed by atoms with Crippen LogP contribution in [0.3, 0.4) is 0 Å². The summed E-state index contributed by atoms with van der Waals surface area (Å²) in [4.78, 5) is 26.2. The Bertz CT molecular complexity index is 1070. The Labute approximate surface area is 194 Å². The molecule has 0 spiro atoms. The number of hydrogen-bond donors (Lipinski definition) is 1. The normalized spacial score (nSPS) is 10.3. The van der Waals surface area contributed by atoms with Gasteiger partial charge in [-0.15, -0.1) is 11.3 Å². The highest BCUT2D eigenvalue weighted by atomic mass is 35.5. The Balaban J connectivity index is 1.70. The summed E-state index contributed by atoms with van der Waals surface area (Å²) in [7, 11) is 2.93. The van der Waals surface area contributed by atoms with Crippen molar-refractivity contribution in [1.29, 1.82) is 0 Å². The first-order valence-electron chi connectivity index (χ1n) is 9.64. The summed E-state index contributed by atoms with van der Waals surface area (Å²) in [5.41, 5.74) is 0.404. The van der Waals surface area contributed by atoms with Gasteiger partial charge < -0.3 is 24.3 Å². The Morgan fingerprint density at radius 1 is 0.969 bits per heavy atom. The fraction of sp³-hybridized carbons (Fsp3) is 0.217. The van der Waals surface area contributed by atoms with Crippen molar-refractivity contribution in [2.24, 2.45) is 0 Å². The second kappa shape index (κ2) is 11.4. The highest BCUT2D eigenvalue weighted by molar-refractivity contribution is 7.10. The summed E-state index contributed by atoms with van der Waals surface area (Å²) in [5, 5.41) is 5.12. The average Bonchev–Trinajstić information content (AvgIpc) is 3.30. The Morgan fingerprint density at radius 3 is 2.41 bits per heavy atom. The van der Waals surface area contributed by atoms with E-state index in [1.165, 1.54) is 37.7 Å². The van der Waals surface area contributed by atoms with E-state index >= 15 is 0 Å². The van der Waals surface area contributed by atoms with Gasteiger partial charge in [0.25, 0.3) is 0 Å². The highest BCUT2D eigenvalue weighted by Crippen LogP contribution is 2.34. The molecule has 0 saturated heterocycles. The first-order chi connectivity index (χ1) is 15.5. The molecule has 1 heterocycles. The van der Waals surface area contributed by atoms with Crippen LogP contribution in [-0.4, -0.2) is 39.3 Å². The zero-order chi connectivity index (χ0) is 22.9. The van der Waals surface area contributed by atoms with Crippen LogP contribution in [0.1, 0.15) is 15.2 Å². The Hall–Kier alpha value is -3.23. The van der Waals surface area contributed by atoms with E-state index in [1.807, 2.05) is 17.5 Å². The van der Waals surface area contributed by atoms with Crippen LogP contribution in [0.25, 0.3) is 0 Å². The minimum atomic E-state index is -0.639. The standard InChI is InChI=1S/C23H22ClNO6S/c1-28-20-13-16(23(27)31-10-9-30-19-8-4-3-7-17(19)24)18(14-21(20)29-2)25-22(26)12-15-6-5-11-32-15/h3-8,11,13-14H,9-10,12H2,1-2H3,(H,25,26). The number of anilines is 1. The lowest BCUT2D eigenvalue weighted by atomic mass is 10.1. The molecular weight excluding hydrogens is 454 g/mol. The molecule has 32 heavy (non-hydrogen) atoms. The molecule has 168 valence electrons. The fourth-order valence-corrected chi connectivity index (χ4v) is 3.74. The zero-order valence-electron chi connectivity index (χ0n) is 17.6. The molecule has 0 fully saturated rings. The molecule has 9 heteroatoms. The molecule has 3 rings (SSSR count). The summed E-state index contributed by atoms with van der Waals surface area (Å²) >= 11 is 7.52. The monoisotopic (exact) mass is 475 g/mol. The molecule has 3 aromatic rings. The van der Waals surface area contributed by atoms with Crippen molar-refractivity contribution in [2.75, 3.05) is 32.8 Å². The molecule has 0 aliphatic carbocycles. The van der Waals surface area contributed by atoms with E-state index in [0.29, 0.717) is 22.3 Å². The van der Waals surface area contributed by atoms with Gasteiger partial charge in [-0.2, -0.15) is 0 Å². The number of rotatable bonds is 10. The van der Waals surface area contributed by atoms with Gasteiger partial charge in [0, 0.05) is 17.0 Å². The molecule has 0 bridgehead atoms. The van der Waals surface area contributed by atoms with Crippen molar-refractivity contribution in [3.63, 3.8) is 0 Å². The minimum absolute atomic E-state index is 0.0129. The van der Waals surface area contributed by atoms with Crippen LogP contribution >= 0.6 is 22.9 Å². The van der Waals surface area contributed by atoms with Crippen molar-refractivity contribution in [1.82, 2.24) is 0 Å². The van der Waals surface area contributed by atoms with Crippen LogP contribution in [0, 0.1) is 0 Å². The number of thiophene rings is 1. The van der Waals surface area contributed by atoms with Crippen LogP contribution in [0.15, 0.2) is 53.9 Å². The maximum atomic E-state index is 12.8.